The lowest BCUT2D eigenvalue weighted by Gasteiger charge is -2.24. The molecular formula is C10H16O2. The molecule has 0 saturated carbocycles. The molecule has 1 N–H and O–H groups in total. The third-order valence-electron chi connectivity index (χ3n) is 2.08. The number of hydrogen-bond donors (Lipinski definition) is 1. The summed E-state index contributed by atoms with van der Waals surface area (Å²) in [6, 6.07) is 0. The zero-order chi connectivity index (χ0) is 9.19. The van der Waals surface area contributed by atoms with Crippen LogP contribution < -0.4 is 0 Å². The smallest absolute Gasteiger partial charge is 0.155 e. The minimum Gasteiger partial charge on any atom is -0.390 e. The van der Waals surface area contributed by atoms with Crippen LogP contribution in [0.5, 0.6) is 0 Å². The van der Waals surface area contributed by atoms with Gasteiger partial charge >= 0.3 is 0 Å². The molecule has 12 heavy (non-hydrogen) atoms. The van der Waals surface area contributed by atoms with Gasteiger partial charge in [-0.3, -0.25) is 4.79 Å². The molecule has 0 radical (unpaired) electrons. The Bertz CT molecular complexity index is 198. The van der Waals surface area contributed by atoms with Gasteiger partial charge in [-0.15, -0.1) is 0 Å². The molecule has 0 amide bonds. The van der Waals surface area contributed by atoms with Crippen molar-refractivity contribution >= 4 is 5.78 Å². The number of rotatable bonds is 2. The molecule has 1 aliphatic rings. The van der Waals surface area contributed by atoms with E-state index in [-0.39, 0.29) is 5.78 Å². The highest BCUT2D eigenvalue weighted by Gasteiger charge is 2.21. The van der Waals surface area contributed by atoms with Crippen molar-refractivity contribution in [2.45, 2.75) is 38.7 Å². The van der Waals surface area contributed by atoms with Crippen LogP contribution in [0, 0.1) is 5.92 Å². The number of ketones is 1. The minimum atomic E-state index is -0.616. The highest BCUT2D eigenvalue weighted by atomic mass is 16.3. The average Bonchev–Trinajstić information content (AvgIpc) is 1.91. The fraction of sp³-hybridized carbons (Fsp3) is 0.700. The summed E-state index contributed by atoms with van der Waals surface area (Å²) in [5.41, 5.74) is -0.616. The van der Waals surface area contributed by atoms with E-state index in [4.69, 9.17) is 0 Å². The molecule has 1 rings (SSSR count). The maximum atomic E-state index is 10.8. The van der Waals surface area contributed by atoms with Gasteiger partial charge in [0.1, 0.15) is 0 Å². The standard InChI is InChI=1S/C10H16O2/c1-10(2,12)7-8-3-5-9(11)6-4-8/h3,5,8,12H,4,6-7H2,1-2H3. The van der Waals surface area contributed by atoms with E-state index in [9.17, 15) is 9.90 Å². The van der Waals surface area contributed by atoms with Gasteiger partial charge < -0.3 is 5.11 Å². The van der Waals surface area contributed by atoms with Crippen LogP contribution in [0.2, 0.25) is 0 Å². The fourth-order valence-corrected chi connectivity index (χ4v) is 1.56. The fourth-order valence-electron chi connectivity index (χ4n) is 1.56. The summed E-state index contributed by atoms with van der Waals surface area (Å²) in [7, 11) is 0. The summed E-state index contributed by atoms with van der Waals surface area (Å²) < 4.78 is 0. The first-order valence-corrected chi connectivity index (χ1v) is 4.41. The minimum absolute atomic E-state index is 0.210. The van der Waals surface area contributed by atoms with Crippen molar-refractivity contribution in [2.24, 2.45) is 5.92 Å². The number of hydrogen-bond acceptors (Lipinski definition) is 2. The van der Waals surface area contributed by atoms with Crippen molar-refractivity contribution in [3.8, 4) is 0 Å². The molecule has 0 heterocycles. The first-order valence-electron chi connectivity index (χ1n) is 4.41. The van der Waals surface area contributed by atoms with Crippen molar-refractivity contribution in [3.05, 3.63) is 12.2 Å². The van der Waals surface area contributed by atoms with Gasteiger partial charge in [-0.05, 0) is 38.7 Å². The van der Waals surface area contributed by atoms with Crippen LogP contribution in [0.1, 0.15) is 33.1 Å². The van der Waals surface area contributed by atoms with Crippen LogP contribution in [-0.2, 0) is 4.79 Å². The number of allylic oxidation sites excluding steroid dienone is 2. The van der Waals surface area contributed by atoms with Gasteiger partial charge in [0.25, 0.3) is 0 Å². The van der Waals surface area contributed by atoms with Gasteiger partial charge in [0.2, 0.25) is 0 Å². The Labute approximate surface area is 73.3 Å². The highest BCUT2D eigenvalue weighted by molar-refractivity contribution is 5.90. The quantitative estimate of drug-likeness (QED) is 0.681. The molecule has 0 aliphatic heterocycles. The Balaban J connectivity index is 2.46. The van der Waals surface area contributed by atoms with E-state index in [1.54, 1.807) is 19.9 Å². The summed E-state index contributed by atoms with van der Waals surface area (Å²) in [6.45, 7) is 3.61. The third-order valence-corrected chi connectivity index (χ3v) is 2.08. The Morgan fingerprint density at radius 3 is 2.75 bits per heavy atom. The lowest BCUT2D eigenvalue weighted by atomic mass is 9.86. The van der Waals surface area contributed by atoms with Crippen molar-refractivity contribution in [2.75, 3.05) is 0 Å². The molecule has 0 aromatic rings. The van der Waals surface area contributed by atoms with Gasteiger partial charge in [0.15, 0.2) is 5.78 Å². The van der Waals surface area contributed by atoms with E-state index in [1.165, 1.54) is 0 Å². The van der Waals surface area contributed by atoms with Gasteiger partial charge in [-0.2, -0.15) is 0 Å². The number of carbonyl (C=O) groups excluding carboxylic acids is 1. The highest BCUT2D eigenvalue weighted by Crippen LogP contribution is 2.24. The first-order chi connectivity index (χ1) is 5.47. The molecule has 0 bridgehead atoms. The van der Waals surface area contributed by atoms with Crippen molar-refractivity contribution < 1.29 is 9.90 Å². The molecule has 68 valence electrons. The van der Waals surface area contributed by atoms with E-state index in [1.807, 2.05) is 6.08 Å². The van der Waals surface area contributed by atoms with Crippen LogP contribution >= 0.6 is 0 Å². The number of aliphatic hydroxyl groups is 1. The van der Waals surface area contributed by atoms with E-state index >= 15 is 0 Å². The third kappa shape index (κ3) is 3.18. The predicted molar refractivity (Wildman–Crippen MR) is 47.8 cm³/mol. The molecule has 1 aliphatic carbocycles. The predicted octanol–water partition coefficient (Wildman–Crippen LogP) is 1.68. The summed E-state index contributed by atoms with van der Waals surface area (Å²) in [4.78, 5) is 10.8. The Morgan fingerprint density at radius 1 is 1.67 bits per heavy atom. The summed E-state index contributed by atoms with van der Waals surface area (Å²) >= 11 is 0. The van der Waals surface area contributed by atoms with E-state index in [0.717, 1.165) is 12.8 Å². The van der Waals surface area contributed by atoms with Gasteiger partial charge in [-0.1, -0.05) is 6.08 Å². The van der Waals surface area contributed by atoms with Crippen LogP contribution in [0.4, 0.5) is 0 Å². The zero-order valence-corrected chi connectivity index (χ0v) is 7.71. The Morgan fingerprint density at radius 2 is 2.33 bits per heavy atom. The van der Waals surface area contributed by atoms with Crippen LogP contribution in [0.3, 0.4) is 0 Å². The SMILES string of the molecule is CC(C)(O)CC1C=CC(=O)CC1. The van der Waals surface area contributed by atoms with Crippen molar-refractivity contribution in [1.29, 1.82) is 0 Å². The number of carbonyl (C=O) groups is 1. The maximum Gasteiger partial charge on any atom is 0.155 e. The molecule has 1 unspecified atom stereocenters. The second-order valence-corrected chi connectivity index (χ2v) is 4.14. The summed E-state index contributed by atoms with van der Waals surface area (Å²) in [5, 5.41) is 9.52. The molecule has 1 atom stereocenters. The first kappa shape index (κ1) is 9.46. The maximum absolute atomic E-state index is 10.8. The van der Waals surface area contributed by atoms with Crippen LogP contribution in [-0.4, -0.2) is 16.5 Å². The average molecular weight is 168 g/mol. The van der Waals surface area contributed by atoms with Gasteiger partial charge in [-0.25, -0.2) is 0 Å². The van der Waals surface area contributed by atoms with Crippen molar-refractivity contribution in [3.63, 3.8) is 0 Å². The molecule has 0 spiro atoms. The molecular weight excluding hydrogens is 152 g/mol. The topological polar surface area (TPSA) is 37.3 Å². The second-order valence-electron chi connectivity index (χ2n) is 4.14. The Kier molecular flexibility index (Phi) is 2.68. The van der Waals surface area contributed by atoms with E-state index in [2.05, 4.69) is 0 Å². The molecule has 0 fully saturated rings. The monoisotopic (exact) mass is 168 g/mol. The van der Waals surface area contributed by atoms with E-state index in [0.29, 0.717) is 12.3 Å². The largest absolute Gasteiger partial charge is 0.390 e. The van der Waals surface area contributed by atoms with Gasteiger partial charge in [0, 0.05) is 6.42 Å². The molecule has 2 nitrogen and oxygen atoms in total. The second kappa shape index (κ2) is 3.40. The van der Waals surface area contributed by atoms with E-state index < -0.39 is 5.60 Å². The molecule has 0 aromatic carbocycles. The zero-order valence-electron chi connectivity index (χ0n) is 7.71. The normalized spacial score (nSPS) is 24.6. The van der Waals surface area contributed by atoms with Crippen LogP contribution in [0.25, 0.3) is 0 Å². The van der Waals surface area contributed by atoms with Crippen molar-refractivity contribution in [1.82, 2.24) is 0 Å². The molecule has 2 heteroatoms. The Hall–Kier alpha value is -0.630. The molecule has 0 saturated heterocycles. The lowest BCUT2D eigenvalue weighted by Crippen LogP contribution is -2.24. The lowest BCUT2D eigenvalue weighted by molar-refractivity contribution is -0.115. The van der Waals surface area contributed by atoms with Crippen LogP contribution in [0.15, 0.2) is 12.2 Å². The molecule has 0 aromatic heterocycles. The summed E-state index contributed by atoms with van der Waals surface area (Å²) in [5.74, 6) is 0.588. The summed E-state index contributed by atoms with van der Waals surface area (Å²) in [6.07, 6.45) is 5.83. The van der Waals surface area contributed by atoms with Gasteiger partial charge in [0.05, 0.1) is 5.60 Å².